The fourth-order valence-electron chi connectivity index (χ4n) is 1.21. The molecule has 3 nitrogen and oxygen atoms in total. The number of carbonyl (C=O) groups excluding carboxylic acids is 1. The Bertz CT molecular complexity index is 450. The molecular formula is C13H13BrO3. The minimum Gasteiger partial charge on any atom is -0.496 e. The van der Waals surface area contributed by atoms with Crippen molar-refractivity contribution in [3.05, 3.63) is 46.5 Å². The Morgan fingerprint density at radius 3 is 2.65 bits per heavy atom. The first-order chi connectivity index (χ1) is 8.19. The van der Waals surface area contributed by atoms with Crippen molar-refractivity contribution in [1.29, 1.82) is 0 Å². The summed E-state index contributed by atoms with van der Waals surface area (Å²) in [5.41, 5.74) is 0.941. The fraction of sp³-hybridized carbons (Fsp3) is 0.154. The smallest absolute Gasteiger partial charge is 0.344 e. The maximum absolute atomic E-state index is 11.1. The highest BCUT2D eigenvalue weighted by Crippen LogP contribution is 2.19. The number of halogens is 1. The number of benzene rings is 1. The molecular weight excluding hydrogens is 284 g/mol. The van der Waals surface area contributed by atoms with E-state index < -0.39 is 5.97 Å². The monoisotopic (exact) mass is 296 g/mol. The molecule has 0 fully saturated rings. The predicted octanol–water partition coefficient (Wildman–Crippen LogP) is 3.16. The van der Waals surface area contributed by atoms with Gasteiger partial charge in [0.15, 0.2) is 0 Å². The number of rotatable bonds is 4. The first kappa shape index (κ1) is 13.5. The topological polar surface area (TPSA) is 35.5 Å². The van der Waals surface area contributed by atoms with E-state index in [1.54, 1.807) is 19.3 Å². The van der Waals surface area contributed by atoms with Gasteiger partial charge >= 0.3 is 5.97 Å². The number of allylic oxidation sites excluding steroid dienone is 2. The highest BCUT2D eigenvalue weighted by molar-refractivity contribution is 9.12. The molecule has 0 atom stereocenters. The normalized spacial score (nSPS) is 11.6. The Kier molecular flexibility index (Phi) is 5.49. The van der Waals surface area contributed by atoms with Crippen molar-refractivity contribution >= 4 is 28.0 Å². The van der Waals surface area contributed by atoms with E-state index in [9.17, 15) is 4.79 Å². The van der Waals surface area contributed by atoms with Gasteiger partial charge < -0.3 is 9.47 Å². The summed E-state index contributed by atoms with van der Waals surface area (Å²) in [5.74, 6) is 0.376. The lowest BCUT2D eigenvalue weighted by atomic mass is 10.2. The van der Waals surface area contributed by atoms with E-state index in [1.165, 1.54) is 7.11 Å². The standard InChI is InChI=1S/C13H13BrO3/c1-16-12-9-4-3-6-10(12)7-5-8-11(14)13(15)17-2/h3-9H,1-2H3/b7-5+,11-8-. The van der Waals surface area contributed by atoms with Gasteiger partial charge in [-0.3, -0.25) is 0 Å². The van der Waals surface area contributed by atoms with Crippen LogP contribution in [-0.4, -0.2) is 20.2 Å². The molecule has 4 heteroatoms. The summed E-state index contributed by atoms with van der Waals surface area (Å²) >= 11 is 3.12. The van der Waals surface area contributed by atoms with Crippen LogP contribution >= 0.6 is 15.9 Å². The summed E-state index contributed by atoms with van der Waals surface area (Å²) in [6.07, 6.45) is 5.22. The zero-order valence-electron chi connectivity index (χ0n) is 9.64. The van der Waals surface area contributed by atoms with Crippen LogP contribution < -0.4 is 4.74 Å². The van der Waals surface area contributed by atoms with Crippen LogP contribution in [0, 0.1) is 0 Å². The lowest BCUT2D eigenvalue weighted by Gasteiger charge is -2.02. The van der Waals surface area contributed by atoms with Crippen molar-refractivity contribution in [2.45, 2.75) is 0 Å². The quantitative estimate of drug-likeness (QED) is 0.486. The minimum atomic E-state index is -0.408. The van der Waals surface area contributed by atoms with Gasteiger partial charge in [0.2, 0.25) is 0 Å². The van der Waals surface area contributed by atoms with E-state index in [4.69, 9.17) is 4.74 Å². The van der Waals surface area contributed by atoms with Gasteiger partial charge in [-0.1, -0.05) is 30.4 Å². The summed E-state index contributed by atoms with van der Waals surface area (Å²) in [4.78, 5) is 11.1. The van der Waals surface area contributed by atoms with E-state index >= 15 is 0 Å². The maximum atomic E-state index is 11.1. The van der Waals surface area contributed by atoms with Gasteiger partial charge in [0, 0.05) is 5.56 Å². The summed E-state index contributed by atoms with van der Waals surface area (Å²) in [5, 5.41) is 0. The molecule has 90 valence electrons. The van der Waals surface area contributed by atoms with Crippen LogP contribution in [0.1, 0.15) is 5.56 Å². The van der Waals surface area contributed by atoms with Crippen LogP contribution in [0.4, 0.5) is 0 Å². The van der Waals surface area contributed by atoms with E-state index in [-0.39, 0.29) is 0 Å². The van der Waals surface area contributed by atoms with Crippen molar-refractivity contribution in [2.75, 3.05) is 14.2 Å². The molecule has 0 aliphatic heterocycles. The molecule has 0 heterocycles. The Morgan fingerprint density at radius 1 is 1.29 bits per heavy atom. The molecule has 0 radical (unpaired) electrons. The van der Waals surface area contributed by atoms with Crippen molar-refractivity contribution in [2.24, 2.45) is 0 Å². The third-order valence-corrected chi connectivity index (χ3v) is 2.63. The molecule has 0 aliphatic rings. The molecule has 0 aliphatic carbocycles. The first-order valence-corrected chi connectivity index (χ1v) is 5.73. The summed E-state index contributed by atoms with van der Waals surface area (Å²) in [7, 11) is 2.95. The van der Waals surface area contributed by atoms with Gasteiger partial charge in [-0.2, -0.15) is 0 Å². The molecule has 17 heavy (non-hydrogen) atoms. The first-order valence-electron chi connectivity index (χ1n) is 4.94. The summed E-state index contributed by atoms with van der Waals surface area (Å²) < 4.78 is 10.1. The number of hydrogen-bond acceptors (Lipinski definition) is 3. The van der Waals surface area contributed by atoms with Gasteiger partial charge in [0.05, 0.1) is 14.2 Å². The van der Waals surface area contributed by atoms with E-state index in [0.29, 0.717) is 4.48 Å². The molecule has 0 bridgehead atoms. The Morgan fingerprint density at radius 2 is 2.00 bits per heavy atom. The average molecular weight is 297 g/mol. The third-order valence-electron chi connectivity index (χ3n) is 2.04. The lowest BCUT2D eigenvalue weighted by Crippen LogP contribution is -1.98. The Hall–Kier alpha value is -1.55. The van der Waals surface area contributed by atoms with Crippen molar-refractivity contribution in [1.82, 2.24) is 0 Å². The Balaban J connectivity index is 2.81. The second kappa shape index (κ2) is 6.91. The van der Waals surface area contributed by atoms with Crippen LogP contribution in [0.15, 0.2) is 40.9 Å². The minimum absolute atomic E-state index is 0.367. The molecule has 0 N–H and O–H groups in total. The molecule has 0 saturated heterocycles. The maximum Gasteiger partial charge on any atom is 0.344 e. The van der Waals surface area contributed by atoms with Crippen LogP contribution in [0.5, 0.6) is 5.75 Å². The van der Waals surface area contributed by atoms with Gasteiger partial charge in [-0.25, -0.2) is 4.79 Å². The van der Waals surface area contributed by atoms with Crippen LogP contribution in [0.25, 0.3) is 6.08 Å². The number of hydrogen-bond donors (Lipinski definition) is 0. The fourth-order valence-corrected chi connectivity index (χ4v) is 1.52. The number of para-hydroxylation sites is 1. The zero-order valence-corrected chi connectivity index (χ0v) is 11.2. The largest absolute Gasteiger partial charge is 0.496 e. The number of ether oxygens (including phenoxy) is 2. The predicted molar refractivity (Wildman–Crippen MR) is 71.1 cm³/mol. The SMILES string of the molecule is COC(=O)/C(Br)=C/C=C/c1ccccc1OC. The summed E-state index contributed by atoms with van der Waals surface area (Å²) in [6, 6.07) is 7.62. The Labute approximate surface area is 109 Å². The van der Waals surface area contributed by atoms with Crippen molar-refractivity contribution < 1.29 is 14.3 Å². The molecule has 0 saturated carbocycles. The molecule has 1 aromatic carbocycles. The van der Waals surface area contributed by atoms with Crippen LogP contribution in [0.3, 0.4) is 0 Å². The number of methoxy groups -OCH3 is 2. The lowest BCUT2D eigenvalue weighted by molar-refractivity contribution is -0.135. The van der Waals surface area contributed by atoms with Crippen LogP contribution in [-0.2, 0) is 9.53 Å². The van der Waals surface area contributed by atoms with Crippen LogP contribution in [0.2, 0.25) is 0 Å². The summed E-state index contributed by atoms with van der Waals surface area (Å²) in [6.45, 7) is 0. The van der Waals surface area contributed by atoms with Gasteiger partial charge in [-0.15, -0.1) is 0 Å². The van der Waals surface area contributed by atoms with Crippen molar-refractivity contribution in [3.63, 3.8) is 0 Å². The number of esters is 1. The van der Waals surface area contributed by atoms with E-state index in [2.05, 4.69) is 20.7 Å². The second-order valence-corrected chi connectivity index (χ2v) is 3.96. The van der Waals surface area contributed by atoms with Gasteiger partial charge in [0.1, 0.15) is 10.2 Å². The highest BCUT2D eigenvalue weighted by atomic mass is 79.9. The van der Waals surface area contributed by atoms with Gasteiger partial charge in [0.25, 0.3) is 0 Å². The molecule has 1 aromatic rings. The molecule has 0 unspecified atom stereocenters. The number of carbonyl (C=O) groups is 1. The van der Waals surface area contributed by atoms with Gasteiger partial charge in [-0.05, 0) is 28.1 Å². The van der Waals surface area contributed by atoms with E-state index in [0.717, 1.165) is 11.3 Å². The molecule has 0 spiro atoms. The molecule has 0 aromatic heterocycles. The molecule has 0 amide bonds. The third kappa shape index (κ3) is 4.07. The average Bonchev–Trinajstić information content (AvgIpc) is 2.38. The zero-order chi connectivity index (χ0) is 12.7. The highest BCUT2D eigenvalue weighted by Gasteiger charge is 2.02. The van der Waals surface area contributed by atoms with E-state index in [1.807, 2.05) is 30.3 Å². The molecule has 1 rings (SSSR count). The van der Waals surface area contributed by atoms with Crippen molar-refractivity contribution in [3.8, 4) is 5.75 Å². The second-order valence-electron chi connectivity index (χ2n) is 3.11.